The van der Waals surface area contributed by atoms with Gasteiger partial charge in [0.25, 0.3) is 0 Å². The fourth-order valence-electron chi connectivity index (χ4n) is 5.65. The highest BCUT2D eigenvalue weighted by molar-refractivity contribution is 5.91. The smallest absolute Gasteiger partial charge is 0.332 e. The second kappa shape index (κ2) is 17.1. The van der Waals surface area contributed by atoms with Crippen LogP contribution in [0.4, 0.5) is 5.82 Å². The Kier molecular flexibility index (Phi) is 13.0. The highest BCUT2D eigenvalue weighted by Gasteiger charge is 2.24. The maximum atomic E-state index is 13.0. The fraction of sp³-hybridized carbons (Fsp3) is 0.543. The Hall–Kier alpha value is -3.96. The summed E-state index contributed by atoms with van der Waals surface area (Å²) in [7, 11) is 0. The van der Waals surface area contributed by atoms with Gasteiger partial charge in [0.15, 0.2) is 0 Å². The molecule has 1 amide bonds. The van der Waals surface area contributed by atoms with Crippen molar-refractivity contribution in [1.82, 2.24) is 19.8 Å². The second-order valence-electron chi connectivity index (χ2n) is 12.3. The maximum absolute atomic E-state index is 13.0. The minimum atomic E-state index is -1.23. The average molecular weight is 636 g/mol. The molecule has 11 nitrogen and oxygen atoms in total. The molecule has 2 fully saturated rings. The van der Waals surface area contributed by atoms with Crippen molar-refractivity contribution in [3.63, 3.8) is 0 Å². The Morgan fingerprint density at radius 3 is 2.24 bits per heavy atom. The van der Waals surface area contributed by atoms with Crippen molar-refractivity contribution < 1.29 is 29.3 Å². The first-order valence-corrected chi connectivity index (χ1v) is 16.4. The lowest BCUT2D eigenvalue weighted by molar-refractivity contribution is -0.145. The number of carboxylic acids is 1. The third-order valence-corrected chi connectivity index (χ3v) is 8.18. The van der Waals surface area contributed by atoms with Crippen LogP contribution < -0.4 is 14.4 Å². The number of likely N-dealkylation sites (tertiary alicyclic amines) is 1. The molecule has 5 rings (SSSR count). The van der Waals surface area contributed by atoms with Crippen molar-refractivity contribution in [3.05, 3.63) is 53.9 Å². The number of aromatic nitrogens is 2. The standard InChI is InChI=1S/C32H43N5O3.C3H6O3/c1-24(2)40-27-10-8-26(9-11-27)21-31(38)36-15-17-37(18-16-36)32-28-20-25(3)30(22-29(28)33-23-34-32)39-19-7-14-35-12-5-4-6-13-35;1-2(4)3(5)6/h8-11,20,22-24H,4-7,12-19,21H2,1-3H3;2,4H,1H3,(H,5,6)/t;2-/m.0/s1. The molecule has 3 heterocycles. The number of aliphatic hydroxyl groups is 1. The predicted molar refractivity (Wildman–Crippen MR) is 179 cm³/mol. The summed E-state index contributed by atoms with van der Waals surface area (Å²) in [5.74, 6) is 1.63. The lowest BCUT2D eigenvalue weighted by Crippen LogP contribution is -2.49. The first-order chi connectivity index (χ1) is 22.1. The number of anilines is 1. The number of carbonyl (C=O) groups excluding carboxylic acids is 1. The molecule has 0 unspecified atom stereocenters. The molecule has 0 aliphatic carbocycles. The number of carbonyl (C=O) groups is 2. The molecular weight excluding hydrogens is 586 g/mol. The van der Waals surface area contributed by atoms with Crippen LogP contribution in [0.25, 0.3) is 10.9 Å². The predicted octanol–water partition coefficient (Wildman–Crippen LogP) is 4.32. The fourth-order valence-corrected chi connectivity index (χ4v) is 5.65. The van der Waals surface area contributed by atoms with E-state index >= 15 is 0 Å². The molecule has 0 saturated carbocycles. The van der Waals surface area contributed by atoms with Crippen LogP contribution in [0.1, 0.15) is 57.6 Å². The molecule has 250 valence electrons. The Balaban J connectivity index is 0.000000731. The van der Waals surface area contributed by atoms with E-state index in [1.165, 1.54) is 39.3 Å². The summed E-state index contributed by atoms with van der Waals surface area (Å²) in [6.07, 6.45) is 5.98. The lowest BCUT2D eigenvalue weighted by atomic mass is 10.1. The van der Waals surface area contributed by atoms with E-state index in [0.29, 0.717) is 26.1 Å². The largest absolute Gasteiger partial charge is 0.493 e. The zero-order valence-electron chi connectivity index (χ0n) is 27.7. The topological polar surface area (TPSA) is 129 Å². The van der Waals surface area contributed by atoms with Crippen molar-refractivity contribution in [2.45, 2.75) is 72.0 Å². The zero-order valence-corrected chi connectivity index (χ0v) is 27.7. The van der Waals surface area contributed by atoms with E-state index < -0.39 is 12.1 Å². The average Bonchev–Trinajstić information content (AvgIpc) is 3.04. The molecule has 3 aromatic rings. The van der Waals surface area contributed by atoms with Crippen LogP contribution in [0.15, 0.2) is 42.7 Å². The second-order valence-corrected chi connectivity index (χ2v) is 12.3. The minimum absolute atomic E-state index is 0.134. The summed E-state index contributed by atoms with van der Waals surface area (Å²) in [5.41, 5.74) is 3.00. The molecule has 0 radical (unpaired) electrons. The van der Waals surface area contributed by atoms with E-state index in [1.54, 1.807) is 6.33 Å². The quantitative estimate of drug-likeness (QED) is 0.294. The van der Waals surface area contributed by atoms with Gasteiger partial charge in [-0.1, -0.05) is 18.6 Å². The number of amides is 1. The Morgan fingerprint density at radius 1 is 0.935 bits per heavy atom. The number of fused-ring (bicyclic) bond motifs is 1. The van der Waals surface area contributed by atoms with Gasteiger partial charge in [-0.15, -0.1) is 0 Å². The number of piperidine rings is 1. The third kappa shape index (κ3) is 10.3. The molecule has 0 bridgehead atoms. The molecule has 11 heteroatoms. The molecular formula is C35H49N5O6. The van der Waals surface area contributed by atoms with Crippen molar-refractivity contribution in [2.75, 3.05) is 57.3 Å². The van der Waals surface area contributed by atoms with Crippen LogP contribution in [0.3, 0.4) is 0 Å². The number of aliphatic hydroxyl groups excluding tert-OH is 1. The number of benzene rings is 2. The SMILES string of the molecule is C[C@H](O)C(=O)O.Cc1cc2c(N3CCN(C(=O)Cc4ccc(OC(C)C)cc4)CC3)ncnc2cc1OCCCN1CCCCC1. The van der Waals surface area contributed by atoms with Crippen LogP contribution in [0.5, 0.6) is 11.5 Å². The first-order valence-electron chi connectivity index (χ1n) is 16.4. The highest BCUT2D eigenvalue weighted by atomic mass is 16.5. The third-order valence-electron chi connectivity index (χ3n) is 8.18. The van der Waals surface area contributed by atoms with Gasteiger partial charge in [0.2, 0.25) is 5.91 Å². The zero-order chi connectivity index (χ0) is 33.1. The van der Waals surface area contributed by atoms with Gasteiger partial charge in [0, 0.05) is 44.2 Å². The first kappa shape index (κ1) is 34.9. The number of carboxylic acid groups (broad SMARTS) is 1. The van der Waals surface area contributed by atoms with E-state index in [2.05, 4.69) is 32.8 Å². The van der Waals surface area contributed by atoms with Gasteiger partial charge < -0.3 is 34.4 Å². The van der Waals surface area contributed by atoms with Gasteiger partial charge in [-0.25, -0.2) is 14.8 Å². The van der Waals surface area contributed by atoms with Gasteiger partial charge >= 0.3 is 5.97 Å². The summed E-state index contributed by atoms with van der Waals surface area (Å²) >= 11 is 0. The van der Waals surface area contributed by atoms with Crippen LogP contribution >= 0.6 is 0 Å². The van der Waals surface area contributed by atoms with Crippen molar-refractivity contribution in [2.24, 2.45) is 0 Å². The Labute approximate surface area is 272 Å². The van der Waals surface area contributed by atoms with Crippen LogP contribution in [-0.4, -0.2) is 106 Å². The van der Waals surface area contributed by atoms with Crippen LogP contribution in [-0.2, 0) is 16.0 Å². The number of hydrogen-bond donors (Lipinski definition) is 2. The van der Waals surface area contributed by atoms with E-state index in [9.17, 15) is 9.59 Å². The maximum Gasteiger partial charge on any atom is 0.332 e. The number of ether oxygens (including phenoxy) is 2. The number of aliphatic carboxylic acids is 1. The lowest BCUT2D eigenvalue weighted by Gasteiger charge is -2.36. The Morgan fingerprint density at radius 2 is 1.61 bits per heavy atom. The molecule has 2 aliphatic rings. The van der Waals surface area contributed by atoms with Crippen molar-refractivity contribution in [3.8, 4) is 11.5 Å². The molecule has 2 aromatic carbocycles. The van der Waals surface area contributed by atoms with Gasteiger partial charge in [-0.2, -0.15) is 0 Å². The normalized spacial score (nSPS) is 16.1. The molecule has 1 aromatic heterocycles. The van der Waals surface area contributed by atoms with Crippen molar-refractivity contribution in [1.29, 1.82) is 0 Å². The molecule has 0 spiro atoms. The number of rotatable bonds is 11. The van der Waals surface area contributed by atoms with Gasteiger partial charge in [0.05, 0.1) is 24.6 Å². The van der Waals surface area contributed by atoms with Gasteiger partial charge in [-0.05, 0) is 89.4 Å². The molecule has 2 N–H and O–H groups in total. The van der Waals surface area contributed by atoms with Crippen molar-refractivity contribution >= 4 is 28.6 Å². The van der Waals surface area contributed by atoms with Gasteiger partial charge in [0.1, 0.15) is 29.7 Å². The molecule has 46 heavy (non-hydrogen) atoms. The Bertz CT molecular complexity index is 1420. The minimum Gasteiger partial charge on any atom is -0.493 e. The van der Waals surface area contributed by atoms with E-state index in [1.807, 2.05) is 49.1 Å². The number of aryl methyl sites for hydroxylation is 1. The van der Waals surface area contributed by atoms with E-state index in [0.717, 1.165) is 65.4 Å². The van der Waals surface area contributed by atoms with Gasteiger partial charge in [-0.3, -0.25) is 4.79 Å². The molecule has 2 saturated heterocycles. The monoisotopic (exact) mass is 635 g/mol. The summed E-state index contributed by atoms with van der Waals surface area (Å²) in [6.45, 7) is 14.4. The highest BCUT2D eigenvalue weighted by Crippen LogP contribution is 2.30. The van der Waals surface area contributed by atoms with Crippen LogP contribution in [0, 0.1) is 6.92 Å². The number of nitrogens with zero attached hydrogens (tertiary/aromatic N) is 5. The summed E-state index contributed by atoms with van der Waals surface area (Å²) in [6, 6.07) is 12.0. The summed E-state index contributed by atoms with van der Waals surface area (Å²) in [4.78, 5) is 38.4. The van der Waals surface area contributed by atoms with Crippen LogP contribution in [0.2, 0.25) is 0 Å². The van der Waals surface area contributed by atoms with E-state index in [-0.39, 0.29) is 12.0 Å². The number of piperazine rings is 1. The molecule has 1 atom stereocenters. The number of hydrogen-bond acceptors (Lipinski definition) is 9. The molecule has 2 aliphatic heterocycles. The summed E-state index contributed by atoms with van der Waals surface area (Å²) in [5, 5.41) is 16.8. The van der Waals surface area contributed by atoms with E-state index in [4.69, 9.17) is 19.7 Å². The summed E-state index contributed by atoms with van der Waals surface area (Å²) < 4.78 is 11.9.